The van der Waals surface area contributed by atoms with Crippen molar-refractivity contribution in [3.63, 3.8) is 0 Å². The van der Waals surface area contributed by atoms with E-state index in [1.165, 1.54) is 11.5 Å². The molecule has 3 N–H and O–H groups in total. The summed E-state index contributed by atoms with van der Waals surface area (Å²) in [5, 5.41) is 14.3. The van der Waals surface area contributed by atoms with Crippen molar-refractivity contribution in [1.29, 1.82) is 0 Å². The number of carbonyl (C=O) groups is 2. The van der Waals surface area contributed by atoms with Crippen LogP contribution >= 0.6 is 11.5 Å². The maximum atomic E-state index is 12.7. The lowest BCUT2D eigenvalue weighted by Crippen LogP contribution is -2.50. The molecule has 3 amide bonds. The quantitative estimate of drug-likeness (QED) is 0.555. The lowest BCUT2D eigenvalue weighted by molar-refractivity contribution is -0.118. The normalized spacial score (nSPS) is 11.7. The Labute approximate surface area is 173 Å². The van der Waals surface area contributed by atoms with Gasteiger partial charge in [0.25, 0.3) is 0 Å². The van der Waals surface area contributed by atoms with Crippen LogP contribution in [0.5, 0.6) is 0 Å². The van der Waals surface area contributed by atoms with Gasteiger partial charge in [-0.05, 0) is 35.1 Å². The van der Waals surface area contributed by atoms with Gasteiger partial charge in [0, 0.05) is 23.2 Å². The summed E-state index contributed by atoms with van der Waals surface area (Å²) >= 11 is 1.29. The zero-order valence-corrected chi connectivity index (χ0v) is 17.1. The third kappa shape index (κ3) is 5.86. The molecule has 3 aromatic rings. The second-order valence-electron chi connectivity index (χ2n) is 6.89. The molecule has 1 unspecified atom stereocenters. The molecule has 0 aliphatic carbocycles. The van der Waals surface area contributed by atoms with Crippen LogP contribution in [0, 0.1) is 5.92 Å². The Bertz CT molecular complexity index is 927. The van der Waals surface area contributed by atoms with E-state index in [0.29, 0.717) is 12.2 Å². The monoisotopic (exact) mass is 409 g/mol. The summed E-state index contributed by atoms with van der Waals surface area (Å²) < 4.78 is 3.85. The first-order chi connectivity index (χ1) is 14.0. The van der Waals surface area contributed by atoms with Gasteiger partial charge in [-0.1, -0.05) is 60.8 Å². The maximum absolute atomic E-state index is 12.7. The lowest BCUT2D eigenvalue weighted by Gasteiger charge is -2.22. The topological polar surface area (TPSA) is 96.0 Å². The van der Waals surface area contributed by atoms with Gasteiger partial charge in [-0.25, -0.2) is 4.79 Å². The summed E-state index contributed by atoms with van der Waals surface area (Å²) in [5.74, 6) is -0.337. The maximum Gasteiger partial charge on any atom is 0.315 e. The third-order valence-corrected chi connectivity index (χ3v) is 4.84. The van der Waals surface area contributed by atoms with Gasteiger partial charge in [0.15, 0.2) is 0 Å². The van der Waals surface area contributed by atoms with Gasteiger partial charge in [-0.3, -0.25) is 4.79 Å². The fourth-order valence-corrected chi connectivity index (χ4v) is 3.21. The van der Waals surface area contributed by atoms with Crippen LogP contribution < -0.4 is 16.0 Å². The standard InChI is InChI=1S/C21H23N5O2S/c1-14(2)19(24-21(28)22-12-15-6-4-3-5-7-15)20(27)23-17-10-8-16(9-11-17)18-13-29-26-25-18/h3-11,13-14,19H,12H2,1-2H3,(H,23,27)(H2,22,24,28). The molecule has 0 saturated heterocycles. The molecular weight excluding hydrogens is 386 g/mol. The number of nitrogens with zero attached hydrogens (tertiary/aromatic N) is 2. The Hall–Kier alpha value is -3.26. The molecule has 0 fully saturated rings. The van der Waals surface area contributed by atoms with Crippen molar-refractivity contribution in [3.8, 4) is 11.3 Å². The molecular formula is C21H23N5O2S. The number of nitrogens with one attached hydrogen (secondary N) is 3. The predicted molar refractivity (Wildman–Crippen MR) is 114 cm³/mol. The zero-order chi connectivity index (χ0) is 20.6. The van der Waals surface area contributed by atoms with Crippen molar-refractivity contribution in [2.75, 3.05) is 5.32 Å². The van der Waals surface area contributed by atoms with E-state index < -0.39 is 6.04 Å². The minimum atomic E-state index is -0.659. The first kappa shape index (κ1) is 20.5. The Morgan fingerprint density at radius 3 is 2.38 bits per heavy atom. The van der Waals surface area contributed by atoms with Crippen molar-refractivity contribution >= 4 is 29.2 Å². The smallest absolute Gasteiger partial charge is 0.315 e. The average Bonchev–Trinajstić information content (AvgIpc) is 3.26. The highest BCUT2D eigenvalue weighted by Crippen LogP contribution is 2.20. The fourth-order valence-electron chi connectivity index (χ4n) is 2.74. The number of aromatic nitrogens is 2. The van der Waals surface area contributed by atoms with Gasteiger partial charge in [-0.15, -0.1) is 5.10 Å². The van der Waals surface area contributed by atoms with Crippen LogP contribution in [0.4, 0.5) is 10.5 Å². The SMILES string of the molecule is CC(C)C(NC(=O)NCc1ccccc1)C(=O)Nc1ccc(-c2csnn2)cc1. The van der Waals surface area contributed by atoms with E-state index in [2.05, 4.69) is 25.5 Å². The highest BCUT2D eigenvalue weighted by molar-refractivity contribution is 7.03. The number of benzene rings is 2. The number of rotatable bonds is 7. The van der Waals surface area contributed by atoms with Gasteiger partial charge >= 0.3 is 6.03 Å². The van der Waals surface area contributed by atoms with Gasteiger partial charge in [0.2, 0.25) is 5.91 Å². The van der Waals surface area contributed by atoms with Gasteiger partial charge in [-0.2, -0.15) is 0 Å². The van der Waals surface area contributed by atoms with Crippen LogP contribution in [0.2, 0.25) is 0 Å². The molecule has 3 rings (SSSR count). The van der Waals surface area contributed by atoms with Crippen LogP contribution in [0.3, 0.4) is 0 Å². The van der Waals surface area contributed by atoms with Crippen LogP contribution in [-0.4, -0.2) is 27.6 Å². The Kier molecular flexibility index (Phi) is 6.91. The molecule has 0 aliphatic heterocycles. The van der Waals surface area contributed by atoms with E-state index >= 15 is 0 Å². The van der Waals surface area contributed by atoms with Crippen LogP contribution in [0.25, 0.3) is 11.3 Å². The highest BCUT2D eigenvalue weighted by atomic mass is 32.1. The first-order valence-electron chi connectivity index (χ1n) is 9.29. The highest BCUT2D eigenvalue weighted by Gasteiger charge is 2.24. The number of urea groups is 1. The molecule has 1 aromatic heterocycles. The molecule has 0 spiro atoms. The fraction of sp³-hybridized carbons (Fsp3) is 0.238. The van der Waals surface area contributed by atoms with E-state index in [4.69, 9.17) is 0 Å². The molecule has 29 heavy (non-hydrogen) atoms. The summed E-state index contributed by atoms with van der Waals surface area (Å²) in [6, 6.07) is 15.9. The Morgan fingerprint density at radius 1 is 1.03 bits per heavy atom. The summed E-state index contributed by atoms with van der Waals surface area (Å²) in [7, 11) is 0. The summed E-state index contributed by atoms with van der Waals surface area (Å²) in [6.45, 7) is 4.17. The molecule has 0 radical (unpaired) electrons. The van der Waals surface area contributed by atoms with Crippen LogP contribution in [0.15, 0.2) is 60.0 Å². The lowest BCUT2D eigenvalue weighted by atomic mass is 10.0. The minimum Gasteiger partial charge on any atom is -0.334 e. The second-order valence-corrected chi connectivity index (χ2v) is 7.50. The molecule has 0 bridgehead atoms. The molecule has 7 nitrogen and oxygen atoms in total. The van der Waals surface area contributed by atoms with Crippen molar-refractivity contribution in [2.24, 2.45) is 5.92 Å². The van der Waals surface area contributed by atoms with Gasteiger partial charge in [0.1, 0.15) is 11.7 Å². The van der Waals surface area contributed by atoms with E-state index in [1.807, 2.05) is 61.7 Å². The zero-order valence-electron chi connectivity index (χ0n) is 16.3. The van der Waals surface area contributed by atoms with E-state index in [1.54, 1.807) is 12.1 Å². The van der Waals surface area contributed by atoms with Crippen LogP contribution in [-0.2, 0) is 11.3 Å². The summed E-state index contributed by atoms with van der Waals surface area (Å²) in [6.07, 6.45) is 0. The van der Waals surface area contributed by atoms with Crippen LogP contribution in [0.1, 0.15) is 19.4 Å². The molecule has 8 heteroatoms. The second kappa shape index (κ2) is 9.79. The molecule has 1 atom stereocenters. The Balaban J connectivity index is 1.56. The van der Waals surface area contributed by atoms with Crippen molar-refractivity contribution < 1.29 is 9.59 Å². The molecule has 0 aliphatic rings. The minimum absolute atomic E-state index is 0.0715. The Morgan fingerprint density at radius 2 is 1.76 bits per heavy atom. The van der Waals surface area contributed by atoms with E-state index in [0.717, 1.165) is 16.8 Å². The van der Waals surface area contributed by atoms with Gasteiger partial charge < -0.3 is 16.0 Å². The van der Waals surface area contributed by atoms with Crippen molar-refractivity contribution in [1.82, 2.24) is 20.2 Å². The van der Waals surface area contributed by atoms with E-state index in [9.17, 15) is 9.59 Å². The molecule has 2 aromatic carbocycles. The predicted octanol–water partition coefficient (Wildman–Crippen LogP) is 3.67. The summed E-state index contributed by atoms with van der Waals surface area (Å²) in [4.78, 5) is 25.0. The summed E-state index contributed by atoms with van der Waals surface area (Å²) in [5.41, 5.74) is 3.36. The van der Waals surface area contributed by atoms with Gasteiger partial charge in [0.05, 0.1) is 0 Å². The van der Waals surface area contributed by atoms with Crippen molar-refractivity contribution in [3.05, 3.63) is 65.5 Å². The first-order valence-corrected chi connectivity index (χ1v) is 10.1. The molecule has 150 valence electrons. The third-order valence-electron chi connectivity index (χ3n) is 4.34. The number of amides is 3. The number of hydrogen-bond acceptors (Lipinski definition) is 5. The average molecular weight is 410 g/mol. The number of anilines is 1. The number of hydrogen-bond donors (Lipinski definition) is 3. The largest absolute Gasteiger partial charge is 0.334 e. The van der Waals surface area contributed by atoms with E-state index in [-0.39, 0.29) is 17.9 Å². The van der Waals surface area contributed by atoms with Crippen molar-refractivity contribution in [2.45, 2.75) is 26.4 Å². The molecule has 1 heterocycles. The molecule has 0 saturated carbocycles. The number of carbonyl (C=O) groups excluding carboxylic acids is 2.